The third kappa shape index (κ3) is 4.65. The fourth-order valence-electron chi connectivity index (χ4n) is 4.22. The van der Waals surface area contributed by atoms with Crippen LogP contribution < -0.4 is 15.8 Å². The smallest absolute Gasteiger partial charge is 0.255 e. The first-order valence-corrected chi connectivity index (χ1v) is 10.9. The first-order chi connectivity index (χ1) is 14.7. The molecule has 1 N–H and O–H groups in total. The molecule has 1 atom stereocenters. The molecule has 162 valence electrons. The minimum Gasteiger partial charge on any atom is -0.338 e. The van der Waals surface area contributed by atoms with Crippen molar-refractivity contribution in [3.8, 4) is 11.3 Å². The molecule has 0 spiro atoms. The van der Waals surface area contributed by atoms with Crippen LogP contribution in [-0.4, -0.2) is 33.2 Å². The highest BCUT2D eigenvalue weighted by atomic mass is 35.5. The van der Waals surface area contributed by atoms with Gasteiger partial charge < -0.3 is 10.2 Å². The summed E-state index contributed by atoms with van der Waals surface area (Å²) < 4.78 is 1.78. The number of benzene rings is 1. The summed E-state index contributed by atoms with van der Waals surface area (Å²) in [6.07, 6.45) is 3.43. The molecule has 1 aliphatic heterocycles. The number of hydrogen-bond donors (Lipinski definition) is 1. The van der Waals surface area contributed by atoms with E-state index in [-0.39, 0.29) is 23.2 Å². The lowest BCUT2D eigenvalue weighted by Crippen LogP contribution is -2.59. The van der Waals surface area contributed by atoms with Gasteiger partial charge in [0, 0.05) is 53.7 Å². The number of anilines is 1. The van der Waals surface area contributed by atoms with Gasteiger partial charge in [-0.05, 0) is 57.5 Å². The molecule has 0 aliphatic carbocycles. The van der Waals surface area contributed by atoms with Crippen molar-refractivity contribution < 1.29 is 0 Å². The van der Waals surface area contributed by atoms with E-state index in [1.165, 1.54) is 0 Å². The molecule has 7 heteroatoms. The van der Waals surface area contributed by atoms with Crippen molar-refractivity contribution in [2.24, 2.45) is 0 Å². The fraction of sp³-hybridized carbons (Fsp3) is 0.375. The van der Waals surface area contributed by atoms with Gasteiger partial charge in [0.1, 0.15) is 0 Å². The Hall–Kier alpha value is -2.70. The van der Waals surface area contributed by atoms with Gasteiger partial charge in [0.25, 0.3) is 5.56 Å². The van der Waals surface area contributed by atoms with Gasteiger partial charge >= 0.3 is 0 Å². The van der Waals surface area contributed by atoms with E-state index in [4.69, 9.17) is 16.6 Å². The van der Waals surface area contributed by atoms with Crippen molar-refractivity contribution in [2.75, 3.05) is 18.0 Å². The van der Waals surface area contributed by atoms with E-state index in [9.17, 15) is 4.79 Å². The highest BCUT2D eigenvalue weighted by molar-refractivity contribution is 6.30. The van der Waals surface area contributed by atoms with Crippen LogP contribution in [0, 0.1) is 0 Å². The standard InChI is InChI=1S/C24H28ClN5O/c1-16(2)30-22(31)13-20(18-9-11-26-12-10-18)27-23(30)29-14-21(28-24(3,4)15-29)17-5-7-19(25)8-6-17/h5-13,16,21,28H,14-15H2,1-4H3. The Labute approximate surface area is 187 Å². The quantitative estimate of drug-likeness (QED) is 0.652. The molecule has 1 unspecified atom stereocenters. The molecule has 31 heavy (non-hydrogen) atoms. The van der Waals surface area contributed by atoms with Gasteiger partial charge in [-0.3, -0.25) is 14.3 Å². The number of halogens is 1. The molecule has 0 amide bonds. The van der Waals surface area contributed by atoms with E-state index in [1.54, 1.807) is 23.0 Å². The van der Waals surface area contributed by atoms with Crippen LogP contribution in [0.5, 0.6) is 0 Å². The average Bonchev–Trinajstić information content (AvgIpc) is 2.73. The maximum atomic E-state index is 13.1. The minimum atomic E-state index is -0.172. The maximum Gasteiger partial charge on any atom is 0.255 e. The fourth-order valence-corrected chi connectivity index (χ4v) is 4.35. The monoisotopic (exact) mass is 437 g/mol. The molecule has 2 aromatic heterocycles. The van der Waals surface area contributed by atoms with Crippen LogP contribution in [0.1, 0.15) is 45.3 Å². The zero-order valence-corrected chi connectivity index (χ0v) is 19.1. The van der Waals surface area contributed by atoms with Crippen molar-refractivity contribution in [3.05, 3.63) is 75.8 Å². The summed E-state index contributed by atoms with van der Waals surface area (Å²) in [6.45, 7) is 9.81. The summed E-state index contributed by atoms with van der Waals surface area (Å²) in [4.78, 5) is 24.4. The van der Waals surface area contributed by atoms with Crippen LogP contribution >= 0.6 is 11.6 Å². The molecule has 3 heterocycles. The molecule has 1 saturated heterocycles. The van der Waals surface area contributed by atoms with Gasteiger partial charge in [0.05, 0.1) is 11.7 Å². The van der Waals surface area contributed by atoms with Crippen molar-refractivity contribution in [1.82, 2.24) is 19.9 Å². The predicted molar refractivity (Wildman–Crippen MR) is 126 cm³/mol. The van der Waals surface area contributed by atoms with Crippen LogP contribution in [0.15, 0.2) is 59.7 Å². The van der Waals surface area contributed by atoms with E-state index >= 15 is 0 Å². The Morgan fingerprint density at radius 2 is 1.81 bits per heavy atom. The Kier molecular flexibility index (Phi) is 5.86. The van der Waals surface area contributed by atoms with Crippen molar-refractivity contribution in [2.45, 2.75) is 45.3 Å². The Morgan fingerprint density at radius 3 is 2.45 bits per heavy atom. The van der Waals surface area contributed by atoms with Gasteiger partial charge in [-0.15, -0.1) is 0 Å². The molecule has 4 rings (SSSR count). The van der Waals surface area contributed by atoms with Crippen molar-refractivity contribution in [1.29, 1.82) is 0 Å². The van der Waals surface area contributed by atoms with Gasteiger partial charge in [0.15, 0.2) is 0 Å². The van der Waals surface area contributed by atoms with E-state index in [2.05, 4.69) is 41.2 Å². The molecular formula is C24H28ClN5O. The molecule has 0 radical (unpaired) electrons. The van der Waals surface area contributed by atoms with Gasteiger partial charge in [-0.25, -0.2) is 4.98 Å². The van der Waals surface area contributed by atoms with Crippen LogP contribution in [0.2, 0.25) is 5.02 Å². The third-order valence-corrected chi connectivity index (χ3v) is 5.79. The first-order valence-electron chi connectivity index (χ1n) is 10.6. The zero-order valence-electron chi connectivity index (χ0n) is 18.3. The summed E-state index contributed by atoms with van der Waals surface area (Å²) in [6, 6.07) is 13.4. The number of aromatic nitrogens is 3. The van der Waals surface area contributed by atoms with Crippen LogP contribution in [-0.2, 0) is 0 Å². The normalized spacial score (nSPS) is 18.4. The average molecular weight is 438 g/mol. The van der Waals surface area contributed by atoms with Gasteiger partial charge in [-0.2, -0.15) is 0 Å². The van der Waals surface area contributed by atoms with E-state index in [0.29, 0.717) is 18.2 Å². The maximum absolute atomic E-state index is 13.1. The summed E-state index contributed by atoms with van der Waals surface area (Å²) in [5.41, 5.74) is 2.48. The molecule has 6 nitrogen and oxygen atoms in total. The second-order valence-corrected chi connectivity index (χ2v) is 9.43. The third-order valence-electron chi connectivity index (χ3n) is 5.54. The van der Waals surface area contributed by atoms with E-state index in [0.717, 1.165) is 22.7 Å². The highest BCUT2D eigenvalue weighted by Crippen LogP contribution is 2.30. The molecule has 1 aliphatic rings. The summed E-state index contributed by atoms with van der Waals surface area (Å²) in [7, 11) is 0. The van der Waals surface area contributed by atoms with Gasteiger partial charge in [-0.1, -0.05) is 23.7 Å². The lowest BCUT2D eigenvalue weighted by atomic mass is 9.95. The molecular weight excluding hydrogens is 410 g/mol. The molecule has 0 saturated carbocycles. The Balaban J connectivity index is 1.79. The molecule has 1 fully saturated rings. The predicted octanol–water partition coefficient (Wildman–Crippen LogP) is 4.47. The Morgan fingerprint density at radius 1 is 1.13 bits per heavy atom. The van der Waals surface area contributed by atoms with Crippen molar-refractivity contribution >= 4 is 17.5 Å². The second-order valence-electron chi connectivity index (χ2n) is 8.99. The highest BCUT2D eigenvalue weighted by Gasteiger charge is 2.35. The van der Waals surface area contributed by atoms with Crippen LogP contribution in [0.25, 0.3) is 11.3 Å². The number of nitrogens with one attached hydrogen (secondary N) is 1. The van der Waals surface area contributed by atoms with E-state index in [1.807, 2.05) is 38.1 Å². The zero-order chi connectivity index (χ0) is 22.2. The van der Waals surface area contributed by atoms with Crippen LogP contribution in [0.3, 0.4) is 0 Å². The number of pyridine rings is 1. The topological polar surface area (TPSA) is 63.1 Å². The number of nitrogens with zero attached hydrogens (tertiary/aromatic N) is 4. The summed E-state index contributed by atoms with van der Waals surface area (Å²) >= 11 is 6.10. The molecule has 1 aromatic carbocycles. The second kappa shape index (κ2) is 8.44. The number of piperazine rings is 1. The molecule has 3 aromatic rings. The largest absolute Gasteiger partial charge is 0.338 e. The lowest BCUT2D eigenvalue weighted by molar-refractivity contribution is 0.287. The number of rotatable bonds is 4. The first kappa shape index (κ1) is 21.5. The van der Waals surface area contributed by atoms with Gasteiger partial charge in [0.2, 0.25) is 5.95 Å². The van der Waals surface area contributed by atoms with Crippen molar-refractivity contribution in [3.63, 3.8) is 0 Å². The molecule has 0 bridgehead atoms. The summed E-state index contributed by atoms with van der Waals surface area (Å²) in [5.74, 6) is 0.697. The Bertz CT molecular complexity index is 1110. The number of hydrogen-bond acceptors (Lipinski definition) is 5. The minimum absolute atomic E-state index is 0.00605. The van der Waals surface area contributed by atoms with Crippen LogP contribution in [0.4, 0.5) is 5.95 Å². The lowest BCUT2D eigenvalue weighted by Gasteiger charge is -2.45. The van der Waals surface area contributed by atoms with E-state index < -0.39 is 0 Å². The SMILES string of the molecule is CC(C)n1c(N2CC(c3ccc(Cl)cc3)NC(C)(C)C2)nc(-c2ccncc2)cc1=O. The summed E-state index contributed by atoms with van der Waals surface area (Å²) in [5, 5.41) is 4.45.